The van der Waals surface area contributed by atoms with Crippen LogP contribution in [0.5, 0.6) is 0 Å². The van der Waals surface area contributed by atoms with E-state index in [1.165, 1.54) is 33.2 Å². The van der Waals surface area contributed by atoms with Crippen LogP contribution in [-0.4, -0.2) is 19.3 Å². The molecule has 3 heterocycles. The van der Waals surface area contributed by atoms with Crippen LogP contribution in [0, 0.1) is 12.1 Å². The fourth-order valence-electron chi connectivity index (χ4n) is 7.52. The largest absolute Gasteiger partial charge is 2.00 e. The predicted molar refractivity (Wildman–Crippen MR) is 189 cm³/mol. The first-order chi connectivity index (χ1) is 22.9. The first-order valence-corrected chi connectivity index (χ1v) is 16.1. The third-order valence-electron chi connectivity index (χ3n) is 9.71. The summed E-state index contributed by atoms with van der Waals surface area (Å²) in [5.74, 6) is 0. The van der Waals surface area contributed by atoms with Crippen LogP contribution >= 0.6 is 0 Å². The average Bonchev–Trinajstić information content (AvgIpc) is 3.83. The normalized spacial score (nSPS) is 13.3. The number of para-hydroxylation sites is 1. The number of hydrogen-bond acceptors (Lipinski definition) is 2. The minimum absolute atomic E-state index is 0. The summed E-state index contributed by atoms with van der Waals surface area (Å²) in [6.07, 6.45) is 5.73. The molecule has 4 nitrogen and oxygen atoms in total. The van der Waals surface area contributed by atoms with Gasteiger partial charge in [0.2, 0.25) is 0 Å². The third kappa shape index (κ3) is 4.39. The summed E-state index contributed by atoms with van der Waals surface area (Å²) in [5.41, 5.74) is 11.5. The molecule has 0 aliphatic heterocycles. The summed E-state index contributed by atoms with van der Waals surface area (Å²) in [6.45, 7) is 6.79. The van der Waals surface area contributed by atoms with E-state index in [4.69, 9.17) is 4.98 Å². The van der Waals surface area contributed by atoms with Gasteiger partial charge in [0, 0.05) is 24.1 Å². The molecule has 0 bridgehead atoms. The van der Waals surface area contributed by atoms with Gasteiger partial charge in [0.25, 0.3) is 0 Å². The predicted octanol–water partition coefficient (Wildman–Crippen LogP) is 9.62. The van der Waals surface area contributed by atoms with Crippen LogP contribution in [0.25, 0.3) is 44.3 Å². The van der Waals surface area contributed by atoms with E-state index < -0.39 is 5.41 Å². The summed E-state index contributed by atoms with van der Waals surface area (Å²) in [6, 6.07) is 51.0. The quantitative estimate of drug-likeness (QED) is 0.135. The molecule has 9 rings (SSSR count). The van der Waals surface area contributed by atoms with Crippen LogP contribution in [0.1, 0.15) is 48.7 Å². The van der Waals surface area contributed by atoms with Gasteiger partial charge in [-0.3, -0.25) is 9.67 Å². The summed E-state index contributed by atoms with van der Waals surface area (Å²) in [7, 11) is 0. The summed E-state index contributed by atoms with van der Waals surface area (Å²) < 4.78 is 4.15. The second-order valence-corrected chi connectivity index (χ2v) is 13.4. The number of fused-ring (bicyclic) bond motifs is 6. The van der Waals surface area contributed by atoms with E-state index >= 15 is 0 Å². The molecule has 5 heteroatoms. The van der Waals surface area contributed by atoms with Gasteiger partial charge in [-0.2, -0.15) is 29.4 Å². The van der Waals surface area contributed by atoms with E-state index in [1.807, 2.05) is 23.1 Å². The van der Waals surface area contributed by atoms with Gasteiger partial charge in [-0.05, 0) is 68.6 Å². The molecule has 0 saturated heterocycles. The van der Waals surface area contributed by atoms with Crippen molar-refractivity contribution in [2.45, 2.75) is 31.6 Å². The standard InChI is InChI=1S/C43H32N4.Pd/c1-42(2,3)29-22-24-44-41(27-29)43(37-17-7-4-14-33(37)34-15-5-8-18-38(34)43)30-12-10-13-32(26-30)47-39-19-9-6-16-35(39)36-21-20-31(28-40(36)47)46-25-11-23-45-46;/h4-25,27H,1-3H3;/q-2;+2. The number of pyridine rings is 1. The Bertz CT molecular complexity index is 2420. The van der Waals surface area contributed by atoms with Gasteiger partial charge < -0.3 is 4.57 Å². The smallest absolute Gasteiger partial charge is 0.358 e. The van der Waals surface area contributed by atoms with E-state index in [0.29, 0.717) is 0 Å². The molecule has 0 N–H and O–H groups in total. The monoisotopic (exact) mass is 710 g/mol. The maximum Gasteiger partial charge on any atom is 2.00 e. The molecule has 0 amide bonds. The second-order valence-electron chi connectivity index (χ2n) is 13.4. The Balaban J connectivity index is 0.00000336. The van der Waals surface area contributed by atoms with Gasteiger partial charge in [-0.15, -0.1) is 29.1 Å². The van der Waals surface area contributed by atoms with Crippen molar-refractivity contribution in [3.8, 4) is 22.5 Å². The van der Waals surface area contributed by atoms with Gasteiger partial charge in [0.15, 0.2) is 0 Å². The van der Waals surface area contributed by atoms with Crippen molar-refractivity contribution in [1.29, 1.82) is 0 Å². The van der Waals surface area contributed by atoms with Gasteiger partial charge in [0.05, 0.1) is 11.1 Å². The van der Waals surface area contributed by atoms with Crippen LogP contribution in [0.15, 0.2) is 140 Å². The molecule has 0 unspecified atom stereocenters. The zero-order chi connectivity index (χ0) is 31.8. The minimum atomic E-state index is -0.660. The van der Waals surface area contributed by atoms with Crippen molar-refractivity contribution in [1.82, 2.24) is 19.3 Å². The van der Waals surface area contributed by atoms with E-state index in [2.05, 4.69) is 158 Å². The average molecular weight is 711 g/mol. The molecular formula is C43H32N4Pd. The second kappa shape index (κ2) is 11.3. The molecule has 48 heavy (non-hydrogen) atoms. The molecule has 234 valence electrons. The number of nitrogens with zero attached hydrogens (tertiary/aromatic N) is 4. The Morgan fingerprint density at radius 1 is 0.646 bits per heavy atom. The van der Waals surface area contributed by atoms with E-state index in [0.717, 1.165) is 39.1 Å². The first kappa shape index (κ1) is 30.3. The topological polar surface area (TPSA) is 35.6 Å². The molecule has 0 atom stereocenters. The molecule has 0 fully saturated rings. The molecule has 5 aromatic carbocycles. The first-order valence-electron chi connectivity index (χ1n) is 16.1. The van der Waals surface area contributed by atoms with E-state index in [-0.39, 0.29) is 25.8 Å². The van der Waals surface area contributed by atoms with Crippen molar-refractivity contribution < 1.29 is 20.4 Å². The fourth-order valence-corrected chi connectivity index (χ4v) is 7.52. The van der Waals surface area contributed by atoms with Gasteiger partial charge in [0.1, 0.15) is 0 Å². The van der Waals surface area contributed by atoms with Crippen LogP contribution in [-0.2, 0) is 31.3 Å². The summed E-state index contributed by atoms with van der Waals surface area (Å²) >= 11 is 0. The van der Waals surface area contributed by atoms with Crippen LogP contribution in [0.2, 0.25) is 0 Å². The third-order valence-corrected chi connectivity index (χ3v) is 9.71. The Labute approximate surface area is 294 Å². The molecule has 3 aromatic heterocycles. The van der Waals surface area contributed by atoms with Crippen LogP contribution < -0.4 is 0 Å². The molecule has 0 spiro atoms. The molecule has 0 saturated carbocycles. The summed E-state index contributed by atoms with van der Waals surface area (Å²) in [5, 5.41) is 6.80. The number of benzene rings is 5. The van der Waals surface area contributed by atoms with E-state index in [1.54, 1.807) is 6.20 Å². The maximum atomic E-state index is 5.17. The van der Waals surface area contributed by atoms with Crippen molar-refractivity contribution in [2.24, 2.45) is 0 Å². The van der Waals surface area contributed by atoms with Crippen molar-refractivity contribution >= 4 is 21.8 Å². The van der Waals surface area contributed by atoms with Gasteiger partial charge >= 0.3 is 20.4 Å². The minimum Gasteiger partial charge on any atom is -0.358 e. The molecule has 0 radical (unpaired) electrons. The zero-order valence-corrected chi connectivity index (χ0v) is 28.4. The van der Waals surface area contributed by atoms with E-state index in [9.17, 15) is 0 Å². The Morgan fingerprint density at radius 2 is 1.38 bits per heavy atom. The van der Waals surface area contributed by atoms with Crippen LogP contribution in [0.3, 0.4) is 0 Å². The van der Waals surface area contributed by atoms with Gasteiger partial charge in [-0.1, -0.05) is 98.7 Å². The van der Waals surface area contributed by atoms with Gasteiger partial charge in [-0.25, -0.2) is 0 Å². The number of rotatable bonds is 4. The van der Waals surface area contributed by atoms with Crippen LogP contribution in [0.4, 0.5) is 0 Å². The Hall–Kier alpha value is -5.08. The zero-order valence-electron chi connectivity index (χ0n) is 26.9. The Kier molecular flexibility index (Phi) is 7.11. The molecule has 1 aliphatic carbocycles. The number of hydrogen-bond donors (Lipinski definition) is 0. The number of aromatic nitrogens is 4. The van der Waals surface area contributed by atoms with Crippen molar-refractivity contribution in [3.05, 3.63) is 180 Å². The maximum absolute atomic E-state index is 5.17. The SMILES string of the molecule is CC(C)(C)c1ccnc(C2(c3[c-]c(-n4c5[c-]c(-n6cccn6)ccc5c5ccccc54)ccc3)c3ccccc3-c3ccccc32)c1.[Pd+2]. The fraction of sp³-hybridized carbons (Fsp3) is 0.116. The molecule has 1 aliphatic rings. The summed E-state index contributed by atoms with van der Waals surface area (Å²) in [4.78, 5) is 5.17. The van der Waals surface area contributed by atoms with Crippen molar-refractivity contribution in [3.63, 3.8) is 0 Å². The Morgan fingerprint density at radius 3 is 2.10 bits per heavy atom. The van der Waals surface area contributed by atoms with Crippen molar-refractivity contribution in [2.75, 3.05) is 0 Å². The molecule has 8 aromatic rings. The molecular weight excluding hydrogens is 679 g/mol.